The van der Waals surface area contributed by atoms with E-state index in [4.69, 9.17) is 0 Å². The van der Waals surface area contributed by atoms with Gasteiger partial charge in [0, 0.05) is 13.1 Å². The fourth-order valence-corrected chi connectivity index (χ4v) is 2.91. The number of urea groups is 2. The standard InChI is InChI=1S/2C9H14N2O3.Ca/c2*1-4-11-8(13)6(5(2)3)7(12)10-9(11)14;/h2*5-6H,4H2,1-3H3,(H,10,12,14);/q;;+2/p-2. The normalized spacial score (nSPS) is 22.2. The number of hydrogen-bond donors (Lipinski definition) is 0. The zero-order valence-electron chi connectivity index (χ0n) is 17.7. The van der Waals surface area contributed by atoms with E-state index in [9.17, 15) is 29.4 Å². The van der Waals surface area contributed by atoms with E-state index in [2.05, 4.69) is 9.98 Å². The molecular weight excluding hydrogens is 408 g/mol. The second-order valence-electron chi connectivity index (χ2n) is 7.07. The molecule has 0 aromatic carbocycles. The van der Waals surface area contributed by atoms with Crippen LogP contribution in [0, 0.1) is 23.7 Å². The Morgan fingerprint density at radius 3 is 1.24 bits per heavy atom. The van der Waals surface area contributed by atoms with Crippen LogP contribution in [-0.4, -0.2) is 96.3 Å². The average Bonchev–Trinajstić information content (AvgIpc) is 2.54. The first-order valence-electron chi connectivity index (χ1n) is 9.19. The number of nitrogens with zero attached hydrogens (tertiary/aromatic N) is 4. The monoisotopic (exact) mass is 434 g/mol. The molecule has 2 aliphatic rings. The van der Waals surface area contributed by atoms with Gasteiger partial charge in [0.1, 0.15) is 0 Å². The van der Waals surface area contributed by atoms with Crippen molar-refractivity contribution in [1.82, 2.24) is 9.80 Å². The molecule has 2 heterocycles. The van der Waals surface area contributed by atoms with Crippen LogP contribution in [0.2, 0.25) is 0 Å². The molecule has 2 unspecified atom stereocenters. The van der Waals surface area contributed by atoms with Crippen molar-refractivity contribution in [3.05, 3.63) is 0 Å². The fourth-order valence-electron chi connectivity index (χ4n) is 2.91. The largest absolute Gasteiger partial charge is 2.00 e. The van der Waals surface area contributed by atoms with E-state index in [1.54, 1.807) is 41.5 Å². The SMILES string of the molecule is CCN1C(=O)N=C([O-])C(C(C)C)C1=O.CCN1C(=O)N=C([O-])C(C(C)C)C1=O.[Ca+2]. The van der Waals surface area contributed by atoms with Crippen LogP contribution in [-0.2, 0) is 9.59 Å². The molecule has 0 bridgehead atoms. The van der Waals surface area contributed by atoms with Crippen molar-refractivity contribution in [3.63, 3.8) is 0 Å². The van der Waals surface area contributed by atoms with E-state index < -0.39 is 47.5 Å². The summed E-state index contributed by atoms with van der Waals surface area (Å²) in [4.78, 5) is 54.2. The number of carbonyl (C=O) groups is 4. The molecular formula is C18H26CaN4O6. The van der Waals surface area contributed by atoms with Crippen molar-refractivity contribution in [1.29, 1.82) is 0 Å². The fraction of sp³-hybridized carbons (Fsp3) is 0.667. The molecule has 0 fully saturated rings. The summed E-state index contributed by atoms with van der Waals surface area (Å²) in [5.74, 6) is -3.89. The maximum Gasteiger partial charge on any atom is 2.00 e. The number of imide groups is 2. The second kappa shape index (κ2) is 11.6. The summed E-state index contributed by atoms with van der Waals surface area (Å²) >= 11 is 0. The van der Waals surface area contributed by atoms with E-state index in [0.717, 1.165) is 9.80 Å². The van der Waals surface area contributed by atoms with Gasteiger partial charge in [-0.25, -0.2) is 19.6 Å². The second-order valence-corrected chi connectivity index (χ2v) is 7.07. The smallest absolute Gasteiger partial charge is 0.861 e. The Morgan fingerprint density at radius 1 is 0.759 bits per heavy atom. The Hall–Kier alpha value is -1.52. The molecule has 156 valence electrons. The quantitative estimate of drug-likeness (QED) is 0.551. The van der Waals surface area contributed by atoms with Crippen LogP contribution in [0.25, 0.3) is 0 Å². The molecule has 2 rings (SSSR count). The van der Waals surface area contributed by atoms with Crippen molar-refractivity contribution in [2.24, 2.45) is 33.7 Å². The van der Waals surface area contributed by atoms with Gasteiger partial charge in [-0.3, -0.25) is 19.4 Å². The average molecular weight is 435 g/mol. The first-order valence-corrected chi connectivity index (χ1v) is 9.19. The van der Waals surface area contributed by atoms with Crippen molar-refractivity contribution in [2.75, 3.05) is 13.1 Å². The zero-order chi connectivity index (χ0) is 21.8. The minimum atomic E-state index is -0.785. The van der Waals surface area contributed by atoms with Gasteiger partial charge in [0.25, 0.3) is 0 Å². The van der Waals surface area contributed by atoms with Crippen LogP contribution in [0.1, 0.15) is 41.5 Å². The molecule has 0 saturated carbocycles. The molecule has 11 heteroatoms. The summed E-state index contributed by atoms with van der Waals surface area (Å²) in [6.07, 6.45) is 0. The van der Waals surface area contributed by atoms with Crippen LogP contribution in [0.15, 0.2) is 9.98 Å². The minimum absolute atomic E-state index is 0. The van der Waals surface area contributed by atoms with Gasteiger partial charge >= 0.3 is 49.8 Å². The van der Waals surface area contributed by atoms with E-state index in [1.807, 2.05) is 0 Å². The van der Waals surface area contributed by atoms with Gasteiger partial charge < -0.3 is 10.2 Å². The summed E-state index contributed by atoms with van der Waals surface area (Å²) in [5, 5.41) is 22.6. The van der Waals surface area contributed by atoms with Crippen LogP contribution >= 0.6 is 0 Å². The Morgan fingerprint density at radius 2 is 1.03 bits per heavy atom. The Bertz CT molecular complexity index is 659. The van der Waals surface area contributed by atoms with Gasteiger partial charge in [0.15, 0.2) is 0 Å². The number of aliphatic imine (C=N–C) groups is 2. The topological polar surface area (TPSA) is 146 Å². The number of amides is 6. The molecule has 0 radical (unpaired) electrons. The third kappa shape index (κ3) is 6.23. The summed E-state index contributed by atoms with van der Waals surface area (Å²) in [6.45, 7) is 10.9. The van der Waals surface area contributed by atoms with Crippen molar-refractivity contribution in [2.45, 2.75) is 41.5 Å². The molecule has 0 saturated heterocycles. The first-order chi connectivity index (χ1) is 13.0. The maximum atomic E-state index is 11.6. The van der Waals surface area contributed by atoms with Crippen LogP contribution in [0.5, 0.6) is 0 Å². The molecule has 6 amide bonds. The molecule has 29 heavy (non-hydrogen) atoms. The van der Waals surface area contributed by atoms with Crippen LogP contribution in [0.4, 0.5) is 9.59 Å². The predicted octanol–water partition coefficient (Wildman–Crippen LogP) is -0.382. The molecule has 0 aliphatic carbocycles. The third-order valence-electron chi connectivity index (χ3n) is 4.44. The van der Waals surface area contributed by atoms with Crippen molar-refractivity contribution < 1.29 is 29.4 Å². The summed E-state index contributed by atoms with van der Waals surface area (Å²) in [7, 11) is 0. The summed E-state index contributed by atoms with van der Waals surface area (Å²) in [5.41, 5.74) is 0. The summed E-state index contributed by atoms with van der Waals surface area (Å²) < 4.78 is 0. The van der Waals surface area contributed by atoms with E-state index in [1.165, 1.54) is 0 Å². The maximum absolute atomic E-state index is 11.6. The molecule has 0 N–H and O–H groups in total. The number of rotatable bonds is 4. The van der Waals surface area contributed by atoms with Gasteiger partial charge in [0.2, 0.25) is 11.8 Å². The molecule has 2 aliphatic heterocycles. The molecule has 0 spiro atoms. The zero-order valence-corrected chi connectivity index (χ0v) is 19.9. The van der Waals surface area contributed by atoms with Gasteiger partial charge in [-0.1, -0.05) is 27.7 Å². The first kappa shape index (κ1) is 27.5. The summed E-state index contributed by atoms with van der Waals surface area (Å²) in [6, 6.07) is -1.47. The predicted molar refractivity (Wildman–Crippen MR) is 103 cm³/mol. The Labute approximate surface area is 200 Å². The Kier molecular flexibility index (Phi) is 11.0. The number of carbonyl (C=O) groups excluding carboxylic acids is 4. The van der Waals surface area contributed by atoms with Crippen molar-refractivity contribution in [3.8, 4) is 0 Å². The van der Waals surface area contributed by atoms with Gasteiger partial charge in [-0.2, -0.15) is 0 Å². The van der Waals surface area contributed by atoms with Crippen LogP contribution in [0.3, 0.4) is 0 Å². The third-order valence-corrected chi connectivity index (χ3v) is 4.44. The minimum Gasteiger partial charge on any atom is -0.861 e. The molecule has 0 aromatic heterocycles. The van der Waals surface area contributed by atoms with Gasteiger partial charge in [-0.05, 0) is 37.5 Å². The van der Waals surface area contributed by atoms with E-state index in [0.29, 0.717) is 0 Å². The van der Waals surface area contributed by atoms with Gasteiger partial charge in [0.05, 0.1) is 11.8 Å². The number of hydrogen-bond acceptors (Lipinski definition) is 6. The van der Waals surface area contributed by atoms with Crippen LogP contribution < -0.4 is 10.2 Å². The van der Waals surface area contributed by atoms with E-state index in [-0.39, 0.29) is 62.7 Å². The molecule has 2 atom stereocenters. The van der Waals surface area contributed by atoms with Crippen molar-refractivity contribution >= 4 is 73.4 Å². The van der Waals surface area contributed by atoms with E-state index >= 15 is 0 Å². The molecule has 10 nitrogen and oxygen atoms in total. The Balaban J connectivity index is 0.000000523. The van der Waals surface area contributed by atoms with Gasteiger partial charge in [-0.15, -0.1) is 0 Å². The molecule has 0 aromatic rings.